The van der Waals surface area contributed by atoms with Gasteiger partial charge in [0.15, 0.2) is 24.4 Å². The molecular weight excluding hydrogens is 1790 g/mol. The van der Waals surface area contributed by atoms with E-state index in [0.717, 1.165) is 118 Å². The van der Waals surface area contributed by atoms with Gasteiger partial charge in [-0.1, -0.05) is 190 Å². The number of nitro benzene ring substituents is 1. The molecule has 24 atom stereocenters. The van der Waals surface area contributed by atoms with Crippen molar-refractivity contribution >= 4 is 59.4 Å². The maximum atomic E-state index is 13.1. The molecule has 0 bridgehead atoms. The molecular formula is C113H146ClFN2O22. The lowest BCUT2D eigenvalue weighted by Gasteiger charge is -2.59. The first-order chi connectivity index (χ1) is 65.8. The van der Waals surface area contributed by atoms with E-state index in [1.54, 1.807) is 54.6 Å². The number of carbonyl (C=O) groups is 4. The van der Waals surface area contributed by atoms with E-state index in [1.165, 1.54) is 64.8 Å². The molecule has 12 unspecified atom stereocenters. The van der Waals surface area contributed by atoms with Crippen molar-refractivity contribution < 1.29 is 107 Å². The summed E-state index contributed by atoms with van der Waals surface area (Å²) >= 11 is 5.91. The van der Waals surface area contributed by atoms with Crippen molar-refractivity contribution in [3.8, 4) is 0 Å². The molecule has 3 aromatic rings. The Kier molecular flexibility index (Phi) is 35.1. The zero-order chi connectivity index (χ0) is 101. The fourth-order valence-electron chi connectivity index (χ4n) is 26.1. The van der Waals surface area contributed by atoms with Gasteiger partial charge < -0.3 is 84.5 Å². The van der Waals surface area contributed by atoms with Gasteiger partial charge >= 0.3 is 23.9 Å². The summed E-state index contributed by atoms with van der Waals surface area (Å²) in [6, 6.07) is 18.9. The Bertz CT molecular complexity index is 5150. The number of fused-ring (bicyclic) bond motifs is 4. The number of benzene rings is 3. The fraction of sp³-hybridized carbons (Fsp3) is 0.540. The largest absolute Gasteiger partial charge is 0.490 e. The molecule has 0 radical (unpaired) electrons. The number of allylic oxidation sites excluding steroid dienone is 8. The second kappa shape index (κ2) is 45.1. The van der Waals surface area contributed by atoms with Crippen LogP contribution in [0.3, 0.4) is 0 Å². The number of aliphatic hydroxyl groups is 8. The Morgan fingerprint density at radius 1 is 0.417 bits per heavy atom. The van der Waals surface area contributed by atoms with Crippen LogP contribution in [0, 0.1) is 107 Å². The molecule has 12 fully saturated rings. The number of halogens is 2. The van der Waals surface area contributed by atoms with Crippen molar-refractivity contribution in [3.05, 3.63) is 273 Å². The van der Waals surface area contributed by atoms with E-state index in [-0.39, 0.29) is 140 Å². The van der Waals surface area contributed by atoms with E-state index < -0.39 is 99.3 Å². The van der Waals surface area contributed by atoms with Gasteiger partial charge in [-0.05, 0) is 269 Å². The Balaban J connectivity index is 0.000000167. The van der Waals surface area contributed by atoms with Gasteiger partial charge in [-0.15, -0.1) is 0 Å². The molecule has 24 nitrogen and oxygen atoms in total. The van der Waals surface area contributed by atoms with Crippen molar-refractivity contribution in [2.75, 3.05) is 59.4 Å². The Morgan fingerprint density at radius 2 is 0.662 bits per heavy atom. The predicted octanol–water partition coefficient (Wildman–Crippen LogP) is 18.8. The maximum absolute atomic E-state index is 13.1. The quantitative estimate of drug-likeness (QED) is 0.0100. The number of rotatable bonds is 24. The lowest BCUT2D eigenvalue weighted by atomic mass is 9.46. The lowest BCUT2D eigenvalue weighted by Crippen LogP contribution is -2.57. The number of aliphatic hydroxyl groups excluding tert-OH is 8. The van der Waals surface area contributed by atoms with Crippen molar-refractivity contribution in [2.45, 2.75) is 233 Å². The van der Waals surface area contributed by atoms with Crippen LogP contribution in [0.2, 0.25) is 5.02 Å². The third-order valence-electron chi connectivity index (χ3n) is 34.7. The van der Waals surface area contributed by atoms with Gasteiger partial charge in [0.2, 0.25) is 0 Å². The minimum atomic E-state index is -0.590. The maximum Gasteiger partial charge on any atom is 0.331 e. The highest BCUT2D eigenvalue weighted by molar-refractivity contribution is 6.30. The first-order valence-corrected chi connectivity index (χ1v) is 49.5. The molecule has 754 valence electrons. The van der Waals surface area contributed by atoms with E-state index in [1.807, 2.05) is 45.9 Å². The first kappa shape index (κ1) is 108. The molecule has 12 aliphatic rings. The Morgan fingerprint density at radius 3 is 0.906 bits per heavy atom. The summed E-state index contributed by atoms with van der Waals surface area (Å²) in [7, 11) is 0. The van der Waals surface area contributed by atoms with Crippen LogP contribution in [-0.4, -0.2) is 178 Å². The van der Waals surface area contributed by atoms with Crippen molar-refractivity contribution in [1.82, 2.24) is 0 Å². The third kappa shape index (κ3) is 23.1. The van der Waals surface area contributed by atoms with Gasteiger partial charge in [0.1, 0.15) is 55.3 Å². The van der Waals surface area contributed by atoms with E-state index in [0.29, 0.717) is 77.7 Å². The summed E-state index contributed by atoms with van der Waals surface area (Å²) in [5.74, 6) is 1.20. The topological polar surface area (TPSA) is 373 Å². The highest BCUT2D eigenvalue weighted by Gasteiger charge is 2.62. The lowest BCUT2D eigenvalue weighted by molar-refractivity contribution is -0.384. The zero-order valence-electron chi connectivity index (χ0n) is 82.2. The third-order valence-corrected chi connectivity index (χ3v) is 34.9. The second-order valence-electron chi connectivity index (χ2n) is 42.5. The molecule has 15 rings (SSSR count). The molecule has 0 amide bonds. The van der Waals surface area contributed by atoms with E-state index in [2.05, 4.69) is 98.6 Å². The average Bonchev–Trinajstić information content (AvgIpc) is 0.977. The van der Waals surface area contributed by atoms with Crippen LogP contribution in [0.15, 0.2) is 236 Å². The molecule has 4 aliphatic heterocycles. The van der Waals surface area contributed by atoms with Crippen molar-refractivity contribution in [1.29, 1.82) is 0 Å². The van der Waals surface area contributed by atoms with Gasteiger partial charge in [0, 0.05) is 79.3 Å². The molecule has 4 saturated heterocycles. The fourth-order valence-corrected chi connectivity index (χ4v) is 26.2. The smallest absolute Gasteiger partial charge is 0.331 e. The van der Waals surface area contributed by atoms with Crippen LogP contribution in [0.1, 0.15) is 200 Å². The summed E-state index contributed by atoms with van der Waals surface area (Å²) in [4.78, 5) is 59.5. The van der Waals surface area contributed by atoms with Gasteiger partial charge in [-0.2, -0.15) is 0 Å². The van der Waals surface area contributed by atoms with E-state index in [9.17, 15) is 74.5 Å². The highest BCUT2D eigenvalue weighted by Crippen LogP contribution is 2.67. The number of carbonyl (C=O) groups excluding carboxylic acids is 4. The van der Waals surface area contributed by atoms with Gasteiger partial charge in [0.05, 0.1) is 62.3 Å². The number of nitrogens with two attached hydrogens (primary N) is 1. The van der Waals surface area contributed by atoms with Gasteiger partial charge in [0.25, 0.3) is 5.69 Å². The summed E-state index contributed by atoms with van der Waals surface area (Å²) < 4.78 is 57.9. The van der Waals surface area contributed by atoms with Crippen LogP contribution in [-0.2, 0) is 57.1 Å². The number of nitrogens with zero attached hydrogens (tertiary/aromatic N) is 1. The van der Waals surface area contributed by atoms with Crippen LogP contribution in [0.25, 0.3) is 18.2 Å². The monoisotopic (exact) mass is 1940 g/mol. The number of nitro groups is 1. The van der Waals surface area contributed by atoms with Crippen molar-refractivity contribution in [3.63, 3.8) is 0 Å². The normalized spacial score (nSPS) is 36.4. The Labute approximate surface area is 823 Å². The molecule has 0 spiro atoms. The van der Waals surface area contributed by atoms with Gasteiger partial charge in [-0.25, -0.2) is 18.8 Å². The molecule has 26 heteroatoms. The number of esters is 4. The minimum absolute atomic E-state index is 0.0174. The summed E-state index contributed by atoms with van der Waals surface area (Å²) in [6.45, 7) is 51.2. The second-order valence-corrected chi connectivity index (χ2v) is 43.0. The number of hydrogen-bond acceptors (Lipinski definition) is 23. The highest BCUT2D eigenvalue weighted by atomic mass is 35.5. The van der Waals surface area contributed by atoms with Crippen LogP contribution in [0.4, 0.5) is 10.1 Å². The molecule has 8 aliphatic carbocycles. The summed E-state index contributed by atoms with van der Waals surface area (Å²) in [6.07, 6.45) is 29.0. The molecule has 4 heterocycles. The zero-order valence-corrected chi connectivity index (χ0v) is 82.9. The van der Waals surface area contributed by atoms with E-state index in [4.69, 9.17) is 55.2 Å². The van der Waals surface area contributed by atoms with Crippen LogP contribution >= 0.6 is 11.6 Å². The number of non-ortho nitro benzene ring substituents is 1. The first-order valence-electron chi connectivity index (χ1n) is 49.1. The molecule has 139 heavy (non-hydrogen) atoms. The summed E-state index contributed by atoms with van der Waals surface area (Å²) in [5.41, 5.74) is 12.9. The molecule has 3 aromatic carbocycles. The number of hydrogen-bond donors (Lipinski definition) is 9. The van der Waals surface area contributed by atoms with Gasteiger partial charge in [-0.3, -0.25) is 14.9 Å². The predicted molar refractivity (Wildman–Crippen MR) is 533 cm³/mol. The number of ether oxygens (including phenoxy) is 8. The summed E-state index contributed by atoms with van der Waals surface area (Å²) in [5, 5.41) is 95.1. The Hall–Kier alpha value is -9.90. The van der Waals surface area contributed by atoms with Crippen molar-refractivity contribution in [2.24, 2.45) is 96.4 Å². The van der Waals surface area contributed by atoms with E-state index >= 15 is 0 Å². The SMILES string of the molecule is C=C1OCC(OC(=O)/C=C/c2ccc(Cl)cc2)/C1=C\CC1C(=C)CCC2[C@@]1(C)CC[C@@H](O)[C@@]2(C)CO.C=C1OCC(OC(=O)/C=C/c2ccc(F)cc2)/C1=C\CC1C(=C)CCC2[C@@]1(C)CC[C@@H](O)[C@@]2(C)CO.C=C1OCC(OC(=O)/C=C/c2ccc([N+](=O)[O-])cc2)/C1=C\CC1C(=C)CCC2[C@@]1(C)CC[C@@H](O)[C@@]2(C)CO.C=C1OCC(OC(=O)CN)/C1=C\CC1C(=C)CCC2[C@@]1(C)CC[C@@H](O)[C@@]2(C)CO. The molecule has 0 aromatic heterocycles. The average molecular weight is 1940 g/mol. The van der Waals surface area contributed by atoms with Crippen LogP contribution in [0.5, 0.6) is 0 Å². The molecule has 8 saturated carbocycles. The standard InChI is InChI=1S/C30H37ClO5.C30H37FO5.C30H37NO7.C23H35NO5/c2*1-19-5-13-26-29(3,16-15-27(33)30(26,4)18-32)24(19)12-11-23-20(2)35-17-25(23)36-28(34)14-8-21-6-9-22(31)10-7-21;1-19-5-13-26-29(3,16-15-27(33)30(26,4)18-32)24(19)12-11-23-20(2)37-17-25(23)38-28(34)14-8-21-6-9-22(10-7-21)31(35)36;1-14-5-8-19-22(3,10-9-20(26)23(19,4)13-25)17(14)7-6-16-15(2)28-12-18(16)29-21(27)11-24/h2*6-11,14,24-27,32-33H,1-2,5,12-13,15-18H2,3-4H3;6-11,14,24-27,32-33H,1-2,5,12-13,15-18H2,3-4H3;6,17-20,25-26H,1-2,5,7-13,24H2,3-4H3/b3*14-8+,23-11-;16-6-/t3*24?,25?,26?,27-,29+,30+;17?,18?,19?,20-,22+,23+/m1111/s1. The minimum Gasteiger partial charge on any atom is -0.490 e. The molecule has 10 N–H and O–H groups in total. The van der Waals surface area contributed by atoms with Crippen LogP contribution < -0.4 is 5.73 Å².